The van der Waals surface area contributed by atoms with Gasteiger partial charge in [-0.25, -0.2) is 0 Å². The second-order valence-corrected chi connectivity index (χ2v) is 4.97. The maximum absolute atomic E-state index is 12.0. The number of rotatable bonds is 4. The summed E-state index contributed by atoms with van der Waals surface area (Å²) in [5.41, 5.74) is 8.03. The summed E-state index contributed by atoms with van der Waals surface area (Å²) >= 11 is 0. The Morgan fingerprint density at radius 2 is 1.86 bits per heavy atom. The maximum Gasteiger partial charge on any atom is 0.241 e. The van der Waals surface area contributed by atoms with Crippen LogP contribution in [0.1, 0.15) is 11.1 Å². The molecule has 5 N–H and O–H groups in total. The smallest absolute Gasteiger partial charge is 0.241 e. The summed E-state index contributed by atoms with van der Waals surface area (Å²) in [6.45, 7) is 1.75. The number of phenols is 2. The molecule has 0 spiro atoms. The van der Waals surface area contributed by atoms with Crippen molar-refractivity contribution >= 4 is 11.6 Å². The van der Waals surface area contributed by atoms with E-state index in [9.17, 15) is 15.0 Å². The number of carbonyl (C=O) groups excluding carboxylic acids is 1. The highest BCUT2D eigenvalue weighted by Gasteiger charge is 2.14. The van der Waals surface area contributed by atoms with Crippen molar-refractivity contribution in [2.24, 2.45) is 5.73 Å². The Balaban J connectivity index is 1.98. The topological polar surface area (TPSA) is 95.6 Å². The number of anilines is 1. The first-order valence-electron chi connectivity index (χ1n) is 6.59. The van der Waals surface area contributed by atoms with E-state index in [1.165, 1.54) is 6.07 Å². The lowest BCUT2D eigenvalue weighted by Crippen LogP contribution is -2.37. The van der Waals surface area contributed by atoms with Crippen LogP contribution >= 0.6 is 0 Å². The summed E-state index contributed by atoms with van der Waals surface area (Å²) in [6, 6.07) is 10.7. The zero-order chi connectivity index (χ0) is 15.4. The second kappa shape index (κ2) is 6.28. The molecule has 0 aliphatic rings. The van der Waals surface area contributed by atoms with Crippen LogP contribution in [0.4, 0.5) is 5.69 Å². The fraction of sp³-hybridized carbons (Fsp3) is 0.188. The van der Waals surface area contributed by atoms with Gasteiger partial charge in [-0.3, -0.25) is 4.79 Å². The first kappa shape index (κ1) is 14.9. The number of hydrogen-bond acceptors (Lipinski definition) is 4. The quantitative estimate of drug-likeness (QED) is 0.646. The molecule has 1 unspecified atom stereocenters. The van der Waals surface area contributed by atoms with Crippen LogP contribution in [-0.4, -0.2) is 22.2 Å². The molecule has 21 heavy (non-hydrogen) atoms. The molecule has 0 aliphatic heterocycles. The Hall–Kier alpha value is -2.53. The van der Waals surface area contributed by atoms with Crippen molar-refractivity contribution in [2.45, 2.75) is 19.4 Å². The molecule has 110 valence electrons. The lowest BCUT2D eigenvalue weighted by atomic mass is 10.1. The van der Waals surface area contributed by atoms with Crippen molar-refractivity contribution in [1.29, 1.82) is 0 Å². The third-order valence-corrected chi connectivity index (χ3v) is 3.19. The molecule has 5 nitrogen and oxygen atoms in total. The van der Waals surface area contributed by atoms with Crippen LogP contribution in [0.3, 0.4) is 0 Å². The molecular weight excluding hydrogens is 268 g/mol. The van der Waals surface area contributed by atoms with E-state index in [0.717, 1.165) is 5.56 Å². The molecule has 1 atom stereocenters. The molecule has 0 bridgehead atoms. The van der Waals surface area contributed by atoms with Crippen LogP contribution in [0.15, 0.2) is 42.5 Å². The van der Waals surface area contributed by atoms with Gasteiger partial charge in [0.25, 0.3) is 0 Å². The molecular formula is C16H18N2O3. The molecule has 2 rings (SSSR count). The number of nitrogens with one attached hydrogen (secondary N) is 1. The number of carbonyl (C=O) groups is 1. The SMILES string of the molecule is Cc1cc(NC(=O)C(N)Cc2ccc(O)cc2)ccc1O. The highest BCUT2D eigenvalue weighted by atomic mass is 16.3. The van der Waals surface area contributed by atoms with E-state index in [1.54, 1.807) is 43.3 Å². The zero-order valence-corrected chi connectivity index (χ0v) is 11.7. The summed E-state index contributed by atoms with van der Waals surface area (Å²) in [4.78, 5) is 12.0. The molecule has 0 saturated heterocycles. The predicted octanol–water partition coefficient (Wildman–Crippen LogP) is 1.91. The Bertz CT molecular complexity index is 638. The van der Waals surface area contributed by atoms with Gasteiger partial charge in [0, 0.05) is 5.69 Å². The van der Waals surface area contributed by atoms with Gasteiger partial charge in [-0.05, 0) is 54.8 Å². The van der Waals surface area contributed by atoms with Gasteiger partial charge in [-0.1, -0.05) is 12.1 Å². The number of phenolic OH excluding ortho intramolecular Hbond substituents is 2. The fourth-order valence-corrected chi connectivity index (χ4v) is 1.95. The minimum Gasteiger partial charge on any atom is -0.508 e. The van der Waals surface area contributed by atoms with E-state index >= 15 is 0 Å². The van der Waals surface area contributed by atoms with E-state index in [0.29, 0.717) is 17.7 Å². The maximum atomic E-state index is 12.0. The Kier molecular flexibility index (Phi) is 4.45. The van der Waals surface area contributed by atoms with Crippen LogP contribution in [0.2, 0.25) is 0 Å². The molecule has 0 aliphatic carbocycles. The van der Waals surface area contributed by atoms with Crippen molar-refractivity contribution in [3.8, 4) is 11.5 Å². The van der Waals surface area contributed by atoms with Crippen LogP contribution in [-0.2, 0) is 11.2 Å². The second-order valence-electron chi connectivity index (χ2n) is 4.97. The molecule has 1 amide bonds. The van der Waals surface area contributed by atoms with E-state index in [4.69, 9.17) is 5.73 Å². The van der Waals surface area contributed by atoms with Gasteiger partial charge in [0.15, 0.2) is 0 Å². The van der Waals surface area contributed by atoms with Crippen molar-refractivity contribution in [3.63, 3.8) is 0 Å². The molecule has 0 heterocycles. The van der Waals surface area contributed by atoms with Crippen molar-refractivity contribution in [3.05, 3.63) is 53.6 Å². The predicted molar refractivity (Wildman–Crippen MR) is 81.3 cm³/mol. The van der Waals surface area contributed by atoms with Crippen molar-refractivity contribution < 1.29 is 15.0 Å². The lowest BCUT2D eigenvalue weighted by molar-refractivity contribution is -0.117. The van der Waals surface area contributed by atoms with E-state index in [1.807, 2.05) is 0 Å². The van der Waals surface area contributed by atoms with E-state index in [2.05, 4.69) is 5.32 Å². The number of hydrogen-bond donors (Lipinski definition) is 4. The first-order chi connectivity index (χ1) is 9.95. The Morgan fingerprint density at radius 3 is 2.48 bits per heavy atom. The van der Waals surface area contributed by atoms with Crippen LogP contribution < -0.4 is 11.1 Å². The third kappa shape index (κ3) is 3.97. The standard InChI is InChI=1S/C16H18N2O3/c1-10-8-12(4-7-15(10)20)18-16(21)14(17)9-11-2-5-13(19)6-3-11/h2-8,14,19-20H,9,17H2,1H3,(H,18,21). The molecule has 2 aromatic rings. The zero-order valence-electron chi connectivity index (χ0n) is 11.7. The molecule has 5 heteroatoms. The van der Waals surface area contributed by atoms with Gasteiger partial charge in [-0.2, -0.15) is 0 Å². The molecule has 2 aromatic carbocycles. The largest absolute Gasteiger partial charge is 0.508 e. The summed E-state index contributed by atoms with van der Waals surface area (Å²) in [5, 5.41) is 21.4. The minimum absolute atomic E-state index is 0.177. The minimum atomic E-state index is -0.691. The average Bonchev–Trinajstić information content (AvgIpc) is 2.45. The number of nitrogens with two attached hydrogens (primary N) is 1. The van der Waals surface area contributed by atoms with Crippen LogP contribution in [0, 0.1) is 6.92 Å². The van der Waals surface area contributed by atoms with Crippen molar-refractivity contribution in [1.82, 2.24) is 0 Å². The Labute approximate surface area is 123 Å². The number of aryl methyl sites for hydroxylation is 1. The molecule has 0 saturated carbocycles. The lowest BCUT2D eigenvalue weighted by Gasteiger charge is -2.13. The normalized spacial score (nSPS) is 11.9. The van der Waals surface area contributed by atoms with Gasteiger partial charge in [0.05, 0.1) is 6.04 Å². The summed E-state index contributed by atoms with van der Waals surface area (Å²) in [7, 11) is 0. The molecule has 0 aromatic heterocycles. The summed E-state index contributed by atoms with van der Waals surface area (Å²) in [6.07, 6.45) is 0.378. The number of benzene rings is 2. The number of aromatic hydroxyl groups is 2. The number of amides is 1. The highest BCUT2D eigenvalue weighted by Crippen LogP contribution is 2.20. The third-order valence-electron chi connectivity index (χ3n) is 3.19. The summed E-state index contributed by atoms with van der Waals surface area (Å²) < 4.78 is 0. The summed E-state index contributed by atoms with van der Waals surface area (Å²) in [5.74, 6) is 0.0610. The van der Waals surface area contributed by atoms with Gasteiger partial charge < -0.3 is 21.3 Å². The highest BCUT2D eigenvalue weighted by molar-refractivity contribution is 5.95. The van der Waals surface area contributed by atoms with Gasteiger partial charge in [0.1, 0.15) is 11.5 Å². The fourth-order valence-electron chi connectivity index (χ4n) is 1.95. The first-order valence-corrected chi connectivity index (χ1v) is 6.59. The van der Waals surface area contributed by atoms with Crippen LogP contribution in [0.25, 0.3) is 0 Å². The Morgan fingerprint density at radius 1 is 1.19 bits per heavy atom. The van der Waals surface area contributed by atoms with E-state index < -0.39 is 6.04 Å². The van der Waals surface area contributed by atoms with E-state index in [-0.39, 0.29) is 17.4 Å². The monoisotopic (exact) mass is 286 g/mol. The van der Waals surface area contributed by atoms with Gasteiger partial charge >= 0.3 is 0 Å². The van der Waals surface area contributed by atoms with Gasteiger partial charge in [-0.15, -0.1) is 0 Å². The van der Waals surface area contributed by atoms with Gasteiger partial charge in [0.2, 0.25) is 5.91 Å². The van der Waals surface area contributed by atoms with Crippen LogP contribution in [0.5, 0.6) is 11.5 Å². The average molecular weight is 286 g/mol. The van der Waals surface area contributed by atoms with Crippen molar-refractivity contribution in [2.75, 3.05) is 5.32 Å². The molecule has 0 fully saturated rings. The molecule has 0 radical (unpaired) electrons.